The molecule has 0 radical (unpaired) electrons. The number of anilines is 2. The Labute approximate surface area is 126 Å². The lowest BCUT2D eigenvalue weighted by Crippen LogP contribution is -2.17. The van der Waals surface area contributed by atoms with Crippen LogP contribution in [0.3, 0.4) is 0 Å². The van der Waals surface area contributed by atoms with E-state index in [2.05, 4.69) is 36.5 Å². The normalized spacial score (nSPS) is 10.2. The molecule has 0 spiro atoms. The fraction of sp³-hybridized carbons (Fsp3) is 0.214. The number of rotatable bonds is 4. The molecule has 0 bridgehead atoms. The van der Waals surface area contributed by atoms with Crippen molar-refractivity contribution in [1.82, 2.24) is 9.97 Å². The Hall–Kier alpha value is -1.95. The molecule has 0 atom stereocenters. The van der Waals surface area contributed by atoms with E-state index in [0.717, 1.165) is 10.0 Å². The van der Waals surface area contributed by atoms with Gasteiger partial charge >= 0.3 is 0 Å². The predicted octanol–water partition coefficient (Wildman–Crippen LogP) is 3.23. The number of carbonyl (C=O) groups is 1. The highest BCUT2D eigenvalue weighted by molar-refractivity contribution is 9.10. The van der Waals surface area contributed by atoms with Crippen LogP contribution in [0.1, 0.15) is 22.8 Å². The highest BCUT2D eigenvalue weighted by atomic mass is 79.9. The van der Waals surface area contributed by atoms with Crippen LogP contribution in [0.15, 0.2) is 35.1 Å². The van der Waals surface area contributed by atoms with Crippen LogP contribution in [0.2, 0.25) is 0 Å². The molecule has 2 heterocycles. The summed E-state index contributed by atoms with van der Waals surface area (Å²) in [5, 5.41) is 5.87. The number of amides is 1. The molecule has 0 aliphatic rings. The van der Waals surface area contributed by atoms with Crippen LogP contribution in [0.4, 0.5) is 11.6 Å². The Morgan fingerprint density at radius 3 is 2.85 bits per heavy atom. The lowest BCUT2D eigenvalue weighted by Gasteiger charge is -2.11. The molecule has 2 N–H and O–H groups in total. The Morgan fingerprint density at radius 1 is 1.35 bits per heavy atom. The van der Waals surface area contributed by atoms with Crippen molar-refractivity contribution in [2.24, 2.45) is 0 Å². The first-order valence-electron chi connectivity index (χ1n) is 6.24. The van der Waals surface area contributed by atoms with Gasteiger partial charge in [-0.05, 0) is 53.5 Å². The van der Waals surface area contributed by atoms with Crippen LogP contribution in [-0.2, 0) is 0 Å². The van der Waals surface area contributed by atoms with Gasteiger partial charge in [-0.1, -0.05) is 0 Å². The lowest BCUT2D eigenvalue weighted by atomic mass is 10.2. The first kappa shape index (κ1) is 14.5. The van der Waals surface area contributed by atoms with Crippen LogP contribution in [-0.4, -0.2) is 22.4 Å². The minimum absolute atomic E-state index is 0.230. The number of nitrogens with zero attached hydrogens (tertiary/aromatic N) is 2. The van der Waals surface area contributed by atoms with E-state index >= 15 is 0 Å². The van der Waals surface area contributed by atoms with Gasteiger partial charge in [0, 0.05) is 23.4 Å². The monoisotopic (exact) mass is 334 g/mol. The minimum atomic E-state index is -0.230. The van der Waals surface area contributed by atoms with E-state index in [1.807, 2.05) is 19.9 Å². The van der Waals surface area contributed by atoms with E-state index in [-0.39, 0.29) is 5.91 Å². The third kappa shape index (κ3) is 3.33. The summed E-state index contributed by atoms with van der Waals surface area (Å²) >= 11 is 3.34. The van der Waals surface area contributed by atoms with Crippen molar-refractivity contribution in [1.29, 1.82) is 0 Å². The van der Waals surface area contributed by atoms with E-state index < -0.39 is 0 Å². The van der Waals surface area contributed by atoms with Gasteiger partial charge in [0.05, 0.1) is 5.56 Å². The van der Waals surface area contributed by atoms with Crippen LogP contribution in [0.5, 0.6) is 0 Å². The van der Waals surface area contributed by atoms with Gasteiger partial charge in [-0.25, -0.2) is 9.97 Å². The second-order valence-electron chi connectivity index (χ2n) is 4.20. The van der Waals surface area contributed by atoms with E-state index in [0.29, 0.717) is 23.7 Å². The molecule has 104 valence electrons. The molecular weight excluding hydrogens is 320 g/mol. The van der Waals surface area contributed by atoms with Gasteiger partial charge in [-0.2, -0.15) is 0 Å². The summed E-state index contributed by atoms with van der Waals surface area (Å²) in [6, 6.07) is 5.36. The second kappa shape index (κ2) is 6.47. The number of nitrogens with one attached hydrogen (secondary N) is 2. The summed E-state index contributed by atoms with van der Waals surface area (Å²) in [4.78, 5) is 20.7. The van der Waals surface area contributed by atoms with Crippen molar-refractivity contribution in [3.63, 3.8) is 0 Å². The first-order chi connectivity index (χ1) is 9.61. The zero-order valence-corrected chi connectivity index (χ0v) is 12.9. The molecule has 2 aromatic heterocycles. The van der Waals surface area contributed by atoms with E-state index in [1.54, 1.807) is 24.5 Å². The fourth-order valence-electron chi connectivity index (χ4n) is 1.74. The summed E-state index contributed by atoms with van der Waals surface area (Å²) in [6.07, 6.45) is 3.30. The number of hydrogen-bond donors (Lipinski definition) is 2. The van der Waals surface area contributed by atoms with Crippen molar-refractivity contribution in [2.45, 2.75) is 13.8 Å². The van der Waals surface area contributed by atoms with Crippen molar-refractivity contribution in [3.8, 4) is 0 Å². The van der Waals surface area contributed by atoms with Gasteiger partial charge in [0.2, 0.25) is 0 Å². The number of carbonyl (C=O) groups excluding carboxylic acids is 1. The molecular formula is C14H15BrN4O. The van der Waals surface area contributed by atoms with Crippen LogP contribution in [0, 0.1) is 6.92 Å². The molecule has 0 aliphatic heterocycles. The molecule has 0 saturated carbocycles. The molecule has 6 heteroatoms. The third-order valence-corrected chi connectivity index (χ3v) is 3.11. The molecule has 20 heavy (non-hydrogen) atoms. The quantitative estimate of drug-likeness (QED) is 0.900. The zero-order valence-electron chi connectivity index (χ0n) is 11.3. The Morgan fingerprint density at radius 2 is 2.15 bits per heavy atom. The maximum atomic E-state index is 12.3. The number of pyridine rings is 2. The maximum absolute atomic E-state index is 12.3. The maximum Gasteiger partial charge on any atom is 0.260 e. The Balaban J connectivity index is 2.24. The number of hydrogen-bond acceptors (Lipinski definition) is 4. The summed E-state index contributed by atoms with van der Waals surface area (Å²) in [6.45, 7) is 4.55. The molecule has 5 nitrogen and oxygen atoms in total. The Bertz CT molecular complexity index is 630. The molecule has 2 aromatic rings. The summed E-state index contributed by atoms with van der Waals surface area (Å²) in [5.41, 5.74) is 1.39. The smallest absolute Gasteiger partial charge is 0.260 e. The van der Waals surface area contributed by atoms with Crippen molar-refractivity contribution in [2.75, 3.05) is 17.2 Å². The number of aromatic nitrogens is 2. The van der Waals surface area contributed by atoms with Gasteiger partial charge in [-0.15, -0.1) is 0 Å². The van der Waals surface area contributed by atoms with E-state index in [9.17, 15) is 4.79 Å². The zero-order chi connectivity index (χ0) is 14.5. The predicted molar refractivity (Wildman–Crippen MR) is 83.0 cm³/mol. The van der Waals surface area contributed by atoms with Gasteiger partial charge in [0.1, 0.15) is 11.6 Å². The topological polar surface area (TPSA) is 66.9 Å². The minimum Gasteiger partial charge on any atom is -0.370 e. The standard InChI is InChI=1S/C14H15BrN4O/c1-3-16-13-11(5-4-6-17-13)14(20)19-12-9(2)7-10(15)8-18-12/h4-8H,3H2,1-2H3,(H,16,17)(H,18,19,20). The number of halogens is 1. The summed E-state index contributed by atoms with van der Waals surface area (Å²) in [7, 11) is 0. The van der Waals surface area contributed by atoms with Crippen LogP contribution < -0.4 is 10.6 Å². The van der Waals surface area contributed by atoms with Crippen molar-refractivity contribution >= 4 is 33.5 Å². The third-order valence-electron chi connectivity index (χ3n) is 2.67. The van der Waals surface area contributed by atoms with Crippen molar-refractivity contribution in [3.05, 3.63) is 46.2 Å². The summed E-state index contributed by atoms with van der Waals surface area (Å²) < 4.78 is 0.878. The van der Waals surface area contributed by atoms with Gasteiger partial charge < -0.3 is 10.6 Å². The average molecular weight is 335 g/mol. The summed E-state index contributed by atoms with van der Waals surface area (Å²) in [5.74, 6) is 0.888. The molecule has 0 aliphatic carbocycles. The van der Waals surface area contributed by atoms with E-state index in [4.69, 9.17) is 0 Å². The van der Waals surface area contributed by atoms with Crippen LogP contribution >= 0.6 is 15.9 Å². The molecule has 0 fully saturated rings. The van der Waals surface area contributed by atoms with Crippen LogP contribution in [0.25, 0.3) is 0 Å². The van der Waals surface area contributed by atoms with Gasteiger partial charge in [-0.3, -0.25) is 4.79 Å². The molecule has 0 aromatic carbocycles. The molecule has 0 unspecified atom stereocenters. The second-order valence-corrected chi connectivity index (χ2v) is 5.12. The highest BCUT2D eigenvalue weighted by Crippen LogP contribution is 2.19. The highest BCUT2D eigenvalue weighted by Gasteiger charge is 2.13. The largest absolute Gasteiger partial charge is 0.370 e. The van der Waals surface area contributed by atoms with E-state index in [1.165, 1.54) is 0 Å². The molecule has 1 amide bonds. The first-order valence-corrected chi connectivity index (χ1v) is 7.03. The number of aryl methyl sites for hydroxylation is 1. The molecule has 0 saturated heterocycles. The average Bonchev–Trinajstić information content (AvgIpc) is 2.43. The lowest BCUT2D eigenvalue weighted by molar-refractivity contribution is 0.102. The van der Waals surface area contributed by atoms with Crippen molar-refractivity contribution < 1.29 is 4.79 Å². The molecule has 2 rings (SSSR count). The van der Waals surface area contributed by atoms with Gasteiger partial charge in [0.25, 0.3) is 5.91 Å². The Kier molecular flexibility index (Phi) is 4.68. The fourth-order valence-corrected chi connectivity index (χ4v) is 2.19. The van der Waals surface area contributed by atoms with Gasteiger partial charge in [0.15, 0.2) is 0 Å². The SMILES string of the molecule is CCNc1ncccc1C(=O)Nc1ncc(Br)cc1C.